The minimum absolute atomic E-state index is 0.217. The predicted octanol–water partition coefficient (Wildman–Crippen LogP) is 0.442. The van der Waals surface area contributed by atoms with Gasteiger partial charge in [-0.2, -0.15) is 0 Å². The fourth-order valence-corrected chi connectivity index (χ4v) is 2.56. The molecular formula is C9H16N2OS. The minimum atomic E-state index is 0.217. The Morgan fingerprint density at radius 2 is 2.23 bits per heavy atom. The van der Waals surface area contributed by atoms with E-state index in [4.69, 9.17) is 5.73 Å². The average molecular weight is 200 g/mol. The molecule has 1 heterocycles. The maximum Gasteiger partial charge on any atom is 0.232 e. The number of nitrogens with zero attached hydrogens (tertiary/aromatic N) is 1. The maximum absolute atomic E-state index is 11.6. The van der Waals surface area contributed by atoms with Gasteiger partial charge in [0.2, 0.25) is 5.91 Å². The molecule has 1 amide bonds. The molecule has 1 aliphatic carbocycles. The molecule has 0 spiro atoms. The Labute approximate surface area is 83.0 Å². The molecule has 2 aliphatic rings. The van der Waals surface area contributed by atoms with Gasteiger partial charge in [0.1, 0.15) is 0 Å². The molecule has 3 nitrogen and oxygen atoms in total. The molecule has 74 valence electrons. The number of rotatable bonds is 3. The lowest BCUT2D eigenvalue weighted by Gasteiger charge is -2.14. The summed E-state index contributed by atoms with van der Waals surface area (Å²) in [6, 6.07) is 0.217. The third-order valence-corrected chi connectivity index (χ3v) is 3.90. The van der Waals surface area contributed by atoms with E-state index >= 15 is 0 Å². The van der Waals surface area contributed by atoms with Crippen LogP contribution >= 0.6 is 11.8 Å². The fraction of sp³-hybridized carbons (Fsp3) is 0.889. The highest BCUT2D eigenvalue weighted by Gasteiger charge is 2.27. The molecule has 2 fully saturated rings. The van der Waals surface area contributed by atoms with E-state index in [1.54, 1.807) is 11.8 Å². The molecule has 0 aromatic carbocycles. The van der Waals surface area contributed by atoms with Crippen LogP contribution in [0, 0.1) is 0 Å². The average Bonchev–Trinajstić information content (AvgIpc) is 2.84. The van der Waals surface area contributed by atoms with Crippen molar-refractivity contribution < 1.29 is 4.79 Å². The van der Waals surface area contributed by atoms with Gasteiger partial charge < -0.3 is 10.6 Å². The van der Waals surface area contributed by atoms with Crippen molar-refractivity contribution in [2.24, 2.45) is 5.73 Å². The number of carbonyl (C=O) groups is 1. The molecule has 0 bridgehead atoms. The standard InChI is InChI=1S/C9H16N2OS/c10-7-3-4-11(5-7)9(12)6-13-8-1-2-8/h7-8H,1-6,10H2. The van der Waals surface area contributed by atoms with Gasteiger partial charge in [0.05, 0.1) is 5.75 Å². The molecule has 1 atom stereocenters. The van der Waals surface area contributed by atoms with E-state index in [0.717, 1.165) is 24.8 Å². The molecule has 1 aliphatic heterocycles. The largest absolute Gasteiger partial charge is 0.340 e. The molecular weight excluding hydrogens is 184 g/mol. The molecule has 2 N–H and O–H groups in total. The van der Waals surface area contributed by atoms with E-state index in [1.807, 2.05) is 4.90 Å². The van der Waals surface area contributed by atoms with Crippen molar-refractivity contribution in [1.82, 2.24) is 4.90 Å². The van der Waals surface area contributed by atoms with Crippen LogP contribution in [0.2, 0.25) is 0 Å². The topological polar surface area (TPSA) is 46.3 Å². The maximum atomic E-state index is 11.6. The minimum Gasteiger partial charge on any atom is -0.340 e. The van der Waals surface area contributed by atoms with E-state index in [2.05, 4.69) is 0 Å². The number of nitrogens with two attached hydrogens (primary N) is 1. The van der Waals surface area contributed by atoms with Crippen LogP contribution in [0.4, 0.5) is 0 Å². The lowest BCUT2D eigenvalue weighted by atomic mass is 10.3. The molecule has 0 aromatic heterocycles. The fourth-order valence-electron chi connectivity index (χ4n) is 1.53. The Balaban J connectivity index is 1.69. The van der Waals surface area contributed by atoms with Crippen molar-refractivity contribution in [3.05, 3.63) is 0 Å². The van der Waals surface area contributed by atoms with E-state index in [1.165, 1.54) is 12.8 Å². The summed E-state index contributed by atoms with van der Waals surface area (Å²) >= 11 is 1.81. The van der Waals surface area contributed by atoms with Crippen LogP contribution in [0.15, 0.2) is 0 Å². The number of carbonyl (C=O) groups excluding carboxylic acids is 1. The van der Waals surface area contributed by atoms with Crippen molar-refractivity contribution in [1.29, 1.82) is 0 Å². The molecule has 13 heavy (non-hydrogen) atoms. The van der Waals surface area contributed by atoms with Gasteiger partial charge in [0.15, 0.2) is 0 Å². The van der Waals surface area contributed by atoms with Crippen molar-refractivity contribution in [2.75, 3.05) is 18.8 Å². The van der Waals surface area contributed by atoms with Crippen LogP contribution in [-0.2, 0) is 4.79 Å². The van der Waals surface area contributed by atoms with Gasteiger partial charge in [-0.3, -0.25) is 4.79 Å². The van der Waals surface area contributed by atoms with Crippen molar-refractivity contribution in [2.45, 2.75) is 30.6 Å². The second-order valence-electron chi connectivity index (χ2n) is 3.90. The summed E-state index contributed by atoms with van der Waals surface area (Å²) in [6.07, 6.45) is 3.58. The SMILES string of the molecule is NC1CCN(C(=O)CSC2CC2)C1. The highest BCUT2D eigenvalue weighted by Crippen LogP contribution is 2.34. The highest BCUT2D eigenvalue weighted by atomic mass is 32.2. The summed E-state index contributed by atoms with van der Waals surface area (Å²) < 4.78 is 0. The van der Waals surface area contributed by atoms with Crippen LogP contribution in [0.25, 0.3) is 0 Å². The van der Waals surface area contributed by atoms with Crippen molar-refractivity contribution >= 4 is 17.7 Å². The predicted molar refractivity (Wildman–Crippen MR) is 54.7 cm³/mol. The van der Waals surface area contributed by atoms with Crippen LogP contribution < -0.4 is 5.73 Å². The van der Waals surface area contributed by atoms with Crippen LogP contribution in [0.1, 0.15) is 19.3 Å². The molecule has 2 rings (SSSR count). The van der Waals surface area contributed by atoms with Crippen LogP contribution in [0.5, 0.6) is 0 Å². The Morgan fingerprint density at radius 3 is 2.77 bits per heavy atom. The molecule has 1 saturated heterocycles. The summed E-state index contributed by atoms with van der Waals surface area (Å²) in [6.45, 7) is 1.63. The Bertz CT molecular complexity index is 206. The number of thioether (sulfide) groups is 1. The molecule has 1 saturated carbocycles. The zero-order valence-corrected chi connectivity index (χ0v) is 8.55. The summed E-state index contributed by atoms with van der Waals surface area (Å²) in [5.74, 6) is 0.946. The molecule has 4 heteroatoms. The zero-order chi connectivity index (χ0) is 9.26. The lowest BCUT2D eigenvalue weighted by molar-refractivity contribution is -0.127. The van der Waals surface area contributed by atoms with E-state index in [-0.39, 0.29) is 11.9 Å². The first-order valence-electron chi connectivity index (χ1n) is 4.90. The zero-order valence-electron chi connectivity index (χ0n) is 7.74. The quantitative estimate of drug-likeness (QED) is 0.719. The number of likely N-dealkylation sites (tertiary alicyclic amines) is 1. The Hall–Kier alpha value is -0.220. The Morgan fingerprint density at radius 1 is 1.46 bits per heavy atom. The second-order valence-corrected chi connectivity index (χ2v) is 5.19. The smallest absolute Gasteiger partial charge is 0.232 e. The number of hydrogen-bond acceptors (Lipinski definition) is 3. The Kier molecular flexibility index (Phi) is 2.79. The van der Waals surface area contributed by atoms with Gasteiger partial charge in [-0.1, -0.05) is 0 Å². The number of hydrogen-bond donors (Lipinski definition) is 1. The molecule has 0 aromatic rings. The van der Waals surface area contributed by atoms with Gasteiger partial charge >= 0.3 is 0 Å². The summed E-state index contributed by atoms with van der Waals surface area (Å²) in [4.78, 5) is 13.5. The van der Waals surface area contributed by atoms with Crippen LogP contribution in [-0.4, -0.2) is 40.9 Å². The third kappa shape index (κ3) is 2.61. The van der Waals surface area contributed by atoms with E-state index in [9.17, 15) is 4.79 Å². The van der Waals surface area contributed by atoms with Gasteiger partial charge in [-0.25, -0.2) is 0 Å². The lowest BCUT2D eigenvalue weighted by Crippen LogP contribution is -2.33. The normalized spacial score (nSPS) is 28.1. The van der Waals surface area contributed by atoms with E-state index < -0.39 is 0 Å². The van der Waals surface area contributed by atoms with Gasteiger partial charge in [-0.05, 0) is 19.3 Å². The second kappa shape index (κ2) is 3.88. The highest BCUT2D eigenvalue weighted by molar-refractivity contribution is 8.00. The summed E-state index contributed by atoms with van der Waals surface area (Å²) in [7, 11) is 0. The molecule has 1 unspecified atom stereocenters. The van der Waals surface area contributed by atoms with Gasteiger partial charge in [0.25, 0.3) is 0 Å². The number of amides is 1. The van der Waals surface area contributed by atoms with E-state index in [0.29, 0.717) is 5.75 Å². The summed E-state index contributed by atoms with van der Waals surface area (Å²) in [5, 5.41) is 0.778. The third-order valence-electron chi connectivity index (χ3n) is 2.54. The van der Waals surface area contributed by atoms with Crippen LogP contribution in [0.3, 0.4) is 0 Å². The van der Waals surface area contributed by atoms with Crippen molar-refractivity contribution in [3.8, 4) is 0 Å². The first-order valence-corrected chi connectivity index (χ1v) is 5.95. The monoisotopic (exact) mass is 200 g/mol. The first kappa shape index (κ1) is 9.34. The van der Waals surface area contributed by atoms with Gasteiger partial charge in [0, 0.05) is 24.4 Å². The first-order chi connectivity index (χ1) is 6.25. The molecule has 0 radical (unpaired) electrons. The van der Waals surface area contributed by atoms with Gasteiger partial charge in [-0.15, -0.1) is 11.8 Å². The summed E-state index contributed by atoms with van der Waals surface area (Å²) in [5.41, 5.74) is 5.73. The van der Waals surface area contributed by atoms with Crippen molar-refractivity contribution in [3.63, 3.8) is 0 Å².